The summed E-state index contributed by atoms with van der Waals surface area (Å²) in [6, 6.07) is 1.74. The summed E-state index contributed by atoms with van der Waals surface area (Å²) in [6.45, 7) is 5.49. The average molecular weight is 294 g/mol. The summed E-state index contributed by atoms with van der Waals surface area (Å²) < 4.78 is 5.31. The van der Waals surface area contributed by atoms with E-state index in [1.807, 2.05) is 19.2 Å². The van der Waals surface area contributed by atoms with Crippen molar-refractivity contribution in [1.82, 2.24) is 15.0 Å². The fraction of sp³-hybridized carbons (Fsp3) is 0.417. The molecule has 0 amide bonds. The van der Waals surface area contributed by atoms with Crippen LogP contribution in [0.25, 0.3) is 0 Å². The van der Waals surface area contributed by atoms with Crippen LogP contribution in [0.15, 0.2) is 11.4 Å². The van der Waals surface area contributed by atoms with Crippen LogP contribution in [0.3, 0.4) is 0 Å². The Kier molecular flexibility index (Phi) is 5.22. The molecule has 0 radical (unpaired) electrons. The Morgan fingerprint density at radius 1 is 1.30 bits per heavy atom. The van der Waals surface area contributed by atoms with E-state index in [4.69, 9.17) is 10.6 Å². The lowest BCUT2D eigenvalue weighted by atomic mass is 10.4. The number of hydrazine groups is 1. The number of aromatic nitrogens is 3. The minimum Gasteiger partial charge on any atom is -0.374 e. The van der Waals surface area contributed by atoms with Gasteiger partial charge >= 0.3 is 0 Å². The molecule has 2 aromatic heterocycles. The summed E-state index contributed by atoms with van der Waals surface area (Å²) in [5.74, 6) is 7.23. The van der Waals surface area contributed by atoms with Crippen molar-refractivity contribution in [2.24, 2.45) is 5.84 Å². The summed E-state index contributed by atoms with van der Waals surface area (Å²) in [7, 11) is 0. The molecule has 2 aromatic rings. The van der Waals surface area contributed by atoms with Crippen LogP contribution in [0.2, 0.25) is 0 Å². The van der Waals surface area contributed by atoms with Crippen LogP contribution in [0.5, 0.6) is 0 Å². The fourth-order valence-electron chi connectivity index (χ4n) is 1.59. The highest BCUT2D eigenvalue weighted by Gasteiger charge is 2.05. The number of nitrogen functional groups attached to an aromatic ring is 1. The first-order valence-electron chi connectivity index (χ1n) is 6.28. The number of ether oxygens (including phenoxy) is 1. The van der Waals surface area contributed by atoms with Crippen molar-refractivity contribution in [1.29, 1.82) is 0 Å². The summed E-state index contributed by atoms with van der Waals surface area (Å²) in [5, 5.41) is 6.28. The quantitative estimate of drug-likeness (QED) is 0.528. The zero-order chi connectivity index (χ0) is 14.4. The lowest BCUT2D eigenvalue weighted by Crippen LogP contribution is -2.13. The van der Waals surface area contributed by atoms with Crippen LogP contribution in [0.1, 0.15) is 23.4 Å². The zero-order valence-electron chi connectivity index (χ0n) is 11.5. The van der Waals surface area contributed by atoms with Crippen LogP contribution in [0.4, 0.5) is 11.6 Å². The van der Waals surface area contributed by atoms with E-state index in [-0.39, 0.29) is 0 Å². The number of nitrogens with one attached hydrogen (secondary N) is 2. The molecule has 8 heteroatoms. The van der Waals surface area contributed by atoms with Gasteiger partial charge in [-0.15, -0.1) is 11.3 Å². The number of thiazole rings is 1. The number of anilines is 2. The Balaban J connectivity index is 2.05. The number of hydrogen-bond donors (Lipinski definition) is 3. The molecule has 20 heavy (non-hydrogen) atoms. The number of nitrogens with two attached hydrogens (primary N) is 1. The van der Waals surface area contributed by atoms with Gasteiger partial charge < -0.3 is 15.5 Å². The van der Waals surface area contributed by atoms with E-state index in [9.17, 15) is 0 Å². The molecular weight excluding hydrogens is 276 g/mol. The molecule has 2 rings (SSSR count). The Hall–Kier alpha value is -1.77. The van der Waals surface area contributed by atoms with Crippen LogP contribution >= 0.6 is 11.3 Å². The van der Waals surface area contributed by atoms with Gasteiger partial charge in [0.25, 0.3) is 0 Å². The van der Waals surface area contributed by atoms with Gasteiger partial charge in [-0.05, 0) is 13.8 Å². The number of nitrogens with zero attached hydrogens (tertiary/aromatic N) is 3. The SMILES string of the molecule is CCOCc1nc(NN)cc(NCc2csc(C)n2)n1. The van der Waals surface area contributed by atoms with Gasteiger partial charge in [0.2, 0.25) is 0 Å². The molecule has 0 spiro atoms. The predicted octanol–water partition coefficient (Wildman–Crippen LogP) is 1.68. The van der Waals surface area contributed by atoms with Crippen LogP contribution < -0.4 is 16.6 Å². The number of rotatable bonds is 7. The van der Waals surface area contributed by atoms with E-state index >= 15 is 0 Å². The fourth-order valence-corrected chi connectivity index (χ4v) is 2.20. The monoisotopic (exact) mass is 294 g/mol. The highest BCUT2D eigenvalue weighted by atomic mass is 32.1. The zero-order valence-corrected chi connectivity index (χ0v) is 12.3. The lowest BCUT2D eigenvalue weighted by Gasteiger charge is -2.09. The first-order valence-corrected chi connectivity index (χ1v) is 7.16. The molecule has 0 aliphatic carbocycles. The van der Waals surface area contributed by atoms with Gasteiger partial charge in [0.1, 0.15) is 18.2 Å². The standard InChI is InChI=1S/C12H18N6OS/c1-3-19-6-12-16-10(4-11(17-12)18-13)14-5-9-7-20-8(2)15-9/h4,7H,3,5-6,13H2,1-2H3,(H2,14,16,17,18). The molecule has 4 N–H and O–H groups in total. The molecule has 0 aliphatic rings. The third kappa shape index (κ3) is 4.12. The highest BCUT2D eigenvalue weighted by Crippen LogP contribution is 2.14. The highest BCUT2D eigenvalue weighted by molar-refractivity contribution is 7.09. The topological polar surface area (TPSA) is 98.0 Å². The smallest absolute Gasteiger partial charge is 0.158 e. The maximum absolute atomic E-state index is 5.41. The Morgan fingerprint density at radius 2 is 2.10 bits per heavy atom. The molecule has 7 nitrogen and oxygen atoms in total. The molecule has 0 bridgehead atoms. The molecule has 0 aliphatic heterocycles. The van der Waals surface area contributed by atoms with Crippen molar-refractivity contribution in [3.8, 4) is 0 Å². The summed E-state index contributed by atoms with van der Waals surface area (Å²) >= 11 is 1.63. The van der Waals surface area contributed by atoms with Crippen LogP contribution in [-0.4, -0.2) is 21.6 Å². The Labute approximate surface area is 121 Å². The molecule has 0 saturated heterocycles. The largest absolute Gasteiger partial charge is 0.374 e. The minimum absolute atomic E-state index is 0.358. The van der Waals surface area contributed by atoms with Crippen molar-refractivity contribution in [3.05, 3.63) is 28.0 Å². The minimum atomic E-state index is 0.358. The van der Waals surface area contributed by atoms with Crippen molar-refractivity contribution in [3.63, 3.8) is 0 Å². The molecule has 0 aromatic carbocycles. The normalized spacial score (nSPS) is 10.6. The molecule has 0 fully saturated rings. The third-order valence-corrected chi connectivity index (χ3v) is 3.30. The molecule has 0 unspecified atom stereocenters. The van der Waals surface area contributed by atoms with E-state index in [1.165, 1.54) is 0 Å². The Bertz CT molecular complexity index is 559. The van der Waals surface area contributed by atoms with Crippen LogP contribution in [0, 0.1) is 6.92 Å². The molecule has 2 heterocycles. The predicted molar refractivity (Wildman–Crippen MR) is 79.3 cm³/mol. The maximum Gasteiger partial charge on any atom is 0.158 e. The van der Waals surface area contributed by atoms with Crippen molar-refractivity contribution >= 4 is 23.0 Å². The summed E-state index contributed by atoms with van der Waals surface area (Å²) in [4.78, 5) is 13.0. The summed E-state index contributed by atoms with van der Waals surface area (Å²) in [5.41, 5.74) is 3.51. The molecule has 0 atom stereocenters. The van der Waals surface area contributed by atoms with Gasteiger partial charge in [0.05, 0.1) is 17.2 Å². The Morgan fingerprint density at radius 3 is 2.75 bits per heavy atom. The van der Waals surface area contributed by atoms with Gasteiger partial charge in [-0.2, -0.15) is 0 Å². The van der Waals surface area contributed by atoms with Gasteiger partial charge in [-0.1, -0.05) is 0 Å². The van der Waals surface area contributed by atoms with Gasteiger partial charge in [-0.25, -0.2) is 20.8 Å². The van der Waals surface area contributed by atoms with Gasteiger partial charge in [0.15, 0.2) is 5.82 Å². The van der Waals surface area contributed by atoms with Crippen molar-refractivity contribution < 1.29 is 4.74 Å². The van der Waals surface area contributed by atoms with E-state index in [2.05, 4.69) is 25.7 Å². The molecular formula is C12H18N6OS. The van der Waals surface area contributed by atoms with E-state index < -0.39 is 0 Å². The second kappa shape index (κ2) is 7.13. The molecule has 0 saturated carbocycles. The van der Waals surface area contributed by atoms with Gasteiger partial charge in [-0.3, -0.25) is 0 Å². The lowest BCUT2D eigenvalue weighted by molar-refractivity contribution is 0.128. The first kappa shape index (κ1) is 14.6. The van der Waals surface area contributed by atoms with E-state index in [0.717, 1.165) is 10.7 Å². The number of aryl methyl sites for hydroxylation is 1. The van der Waals surface area contributed by atoms with Crippen LogP contribution in [-0.2, 0) is 17.9 Å². The number of hydrogen-bond acceptors (Lipinski definition) is 8. The summed E-state index contributed by atoms with van der Waals surface area (Å²) in [6.07, 6.45) is 0. The van der Waals surface area contributed by atoms with E-state index in [1.54, 1.807) is 17.4 Å². The van der Waals surface area contributed by atoms with E-state index in [0.29, 0.717) is 37.2 Å². The van der Waals surface area contributed by atoms with Crippen molar-refractivity contribution in [2.45, 2.75) is 27.0 Å². The maximum atomic E-state index is 5.41. The first-order chi connectivity index (χ1) is 9.71. The molecule has 108 valence electrons. The second-order valence-electron chi connectivity index (χ2n) is 4.05. The third-order valence-electron chi connectivity index (χ3n) is 2.47. The van der Waals surface area contributed by atoms with Crippen molar-refractivity contribution in [2.75, 3.05) is 17.3 Å². The average Bonchev–Trinajstić information content (AvgIpc) is 2.88. The van der Waals surface area contributed by atoms with Gasteiger partial charge in [0, 0.05) is 18.1 Å². The second-order valence-corrected chi connectivity index (χ2v) is 5.11.